The molecule has 0 fully saturated rings. The molecule has 2 aromatic rings. The van der Waals surface area contributed by atoms with E-state index in [0.29, 0.717) is 5.75 Å². The molecule has 0 aliphatic rings. The van der Waals surface area contributed by atoms with Crippen molar-refractivity contribution in [3.05, 3.63) is 47.3 Å². The van der Waals surface area contributed by atoms with E-state index in [1.165, 1.54) is 24.4 Å². The van der Waals surface area contributed by atoms with Gasteiger partial charge in [-0.1, -0.05) is 42.1 Å². The van der Waals surface area contributed by atoms with Gasteiger partial charge in [-0.3, -0.25) is 4.79 Å². The van der Waals surface area contributed by atoms with E-state index in [-0.39, 0.29) is 11.7 Å². The summed E-state index contributed by atoms with van der Waals surface area (Å²) in [6, 6.07) is 9.33. The molecule has 1 atom stereocenters. The molecule has 0 bridgehead atoms. The molecule has 0 aliphatic heterocycles. The van der Waals surface area contributed by atoms with Gasteiger partial charge in [-0.2, -0.15) is 23.5 Å². The molecule has 29 heavy (non-hydrogen) atoms. The Bertz CT molecular complexity index is 784. The molecule has 0 saturated carbocycles. The lowest BCUT2D eigenvalue weighted by Gasteiger charge is -2.16. The first-order chi connectivity index (χ1) is 14.0. The van der Waals surface area contributed by atoms with E-state index in [1.54, 1.807) is 23.5 Å². The van der Waals surface area contributed by atoms with Crippen molar-refractivity contribution in [1.82, 2.24) is 15.3 Å². The van der Waals surface area contributed by atoms with E-state index in [1.807, 2.05) is 37.3 Å². The van der Waals surface area contributed by atoms with Gasteiger partial charge < -0.3 is 15.0 Å². The molecule has 158 valence electrons. The van der Waals surface area contributed by atoms with Gasteiger partial charge in [-0.15, -0.1) is 0 Å². The zero-order valence-corrected chi connectivity index (χ0v) is 19.3. The number of nitrogens with zero attached hydrogens (tertiary/aromatic N) is 1. The number of H-pyrrole nitrogens is 1. The number of hydrogen-bond donors (Lipinski definition) is 2. The van der Waals surface area contributed by atoms with Gasteiger partial charge in [0.25, 0.3) is 0 Å². The number of amides is 1. The fourth-order valence-corrected chi connectivity index (χ4v) is 4.68. The third kappa shape index (κ3) is 8.36. The molecule has 0 spiro atoms. The predicted octanol–water partition coefficient (Wildman–Crippen LogP) is 3.31. The van der Waals surface area contributed by atoms with Gasteiger partial charge in [-0.25, -0.2) is 9.78 Å². The summed E-state index contributed by atoms with van der Waals surface area (Å²) in [7, 11) is 1.33. The number of aromatic nitrogens is 2. The molecule has 0 aliphatic carbocycles. The summed E-state index contributed by atoms with van der Waals surface area (Å²) in [5.74, 6) is 1.77. The van der Waals surface area contributed by atoms with Crippen molar-refractivity contribution in [2.24, 2.45) is 0 Å². The number of esters is 1. The first kappa shape index (κ1) is 23.7. The highest BCUT2D eigenvalue weighted by atomic mass is 32.2. The molecule has 0 radical (unpaired) electrons. The predicted molar refractivity (Wildman–Crippen MR) is 123 cm³/mol. The van der Waals surface area contributed by atoms with Crippen molar-refractivity contribution < 1.29 is 14.3 Å². The molecule has 1 aromatic carbocycles. The molecule has 0 unspecified atom stereocenters. The van der Waals surface area contributed by atoms with Gasteiger partial charge >= 0.3 is 5.97 Å². The molecule has 2 N–H and O–H groups in total. The maximum absolute atomic E-state index is 12.4. The van der Waals surface area contributed by atoms with Crippen LogP contribution in [-0.2, 0) is 26.5 Å². The van der Waals surface area contributed by atoms with Gasteiger partial charge in [0.1, 0.15) is 6.04 Å². The number of aromatic amines is 1. The van der Waals surface area contributed by atoms with Crippen LogP contribution in [0.1, 0.15) is 17.0 Å². The minimum Gasteiger partial charge on any atom is -0.467 e. The van der Waals surface area contributed by atoms with E-state index in [2.05, 4.69) is 21.5 Å². The summed E-state index contributed by atoms with van der Waals surface area (Å²) < 4.78 is 4.84. The summed E-state index contributed by atoms with van der Waals surface area (Å²) in [6.45, 7) is 1.99. The molecule has 1 heterocycles. The Morgan fingerprint density at radius 1 is 1.28 bits per heavy atom. The molecular formula is C20H27N3O3S3. The maximum atomic E-state index is 12.4. The Hall–Kier alpha value is -1.58. The average Bonchev–Trinajstić information content (AvgIpc) is 3.09. The molecule has 0 saturated heterocycles. The number of rotatable bonds is 12. The van der Waals surface area contributed by atoms with Crippen molar-refractivity contribution in [2.75, 3.05) is 30.6 Å². The van der Waals surface area contributed by atoms with Crippen LogP contribution in [0.5, 0.6) is 0 Å². The Morgan fingerprint density at radius 2 is 2.03 bits per heavy atom. The first-order valence-corrected chi connectivity index (χ1v) is 12.7. The van der Waals surface area contributed by atoms with Crippen LogP contribution in [0.25, 0.3) is 0 Å². The summed E-state index contributed by atoms with van der Waals surface area (Å²) in [6.07, 6.45) is 2.97. The number of thioether (sulfide) groups is 3. The van der Waals surface area contributed by atoms with Crippen molar-refractivity contribution in [2.45, 2.75) is 30.3 Å². The lowest BCUT2D eigenvalue weighted by Crippen LogP contribution is -2.44. The van der Waals surface area contributed by atoms with Crippen LogP contribution >= 0.6 is 35.3 Å². The largest absolute Gasteiger partial charge is 0.467 e. The number of carbonyl (C=O) groups excluding carboxylic acids is 2. The van der Waals surface area contributed by atoms with Crippen LogP contribution in [0.15, 0.2) is 35.5 Å². The molecule has 1 aromatic heterocycles. The third-order valence-electron chi connectivity index (χ3n) is 4.06. The van der Waals surface area contributed by atoms with Crippen LogP contribution in [0.4, 0.5) is 0 Å². The molecular weight excluding hydrogens is 426 g/mol. The molecule has 6 nitrogen and oxygen atoms in total. The Kier molecular flexibility index (Phi) is 10.5. The van der Waals surface area contributed by atoms with Crippen molar-refractivity contribution in [3.63, 3.8) is 0 Å². The Labute approximate surface area is 184 Å². The van der Waals surface area contributed by atoms with Crippen LogP contribution in [0, 0.1) is 6.92 Å². The molecule has 9 heteroatoms. The molecule has 1 amide bonds. The summed E-state index contributed by atoms with van der Waals surface area (Å²) in [5.41, 5.74) is 3.24. The highest BCUT2D eigenvalue weighted by molar-refractivity contribution is 7.99. The fraction of sp³-hybridized carbons (Fsp3) is 0.450. The normalized spacial score (nSPS) is 11.8. The van der Waals surface area contributed by atoms with Gasteiger partial charge in [0.15, 0.2) is 5.16 Å². The minimum absolute atomic E-state index is 0.186. The third-order valence-corrected chi connectivity index (χ3v) is 6.66. The number of ether oxygens (including phenoxy) is 1. The summed E-state index contributed by atoms with van der Waals surface area (Å²) >= 11 is 4.70. The lowest BCUT2D eigenvalue weighted by atomic mass is 10.2. The number of hydrogen-bond acceptors (Lipinski definition) is 7. The van der Waals surface area contributed by atoms with Crippen LogP contribution < -0.4 is 5.32 Å². The topological polar surface area (TPSA) is 84.1 Å². The SMILES string of the molecule is COC(=O)[C@@H](CSCc1ccccc1)NC(=O)CSc1nc(CCSC)c(C)[nH]1. The number of benzene rings is 1. The number of methoxy groups -OCH3 is 1. The monoisotopic (exact) mass is 453 g/mol. The highest BCUT2D eigenvalue weighted by Crippen LogP contribution is 2.18. The van der Waals surface area contributed by atoms with Crippen molar-refractivity contribution in [1.29, 1.82) is 0 Å². The first-order valence-electron chi connectivity index (χ1n) is 9.19. The zero-order chi connectivity index (χ0) is 21.1. The van der Waals surface area contributed by atoms with Crippen molar-refractivity contribution >= 4 is 47.2 Å². The van der Waals surface area contributed by atoms with Crippen LogP contribution in [0.3, 0.4) is 0 Å². The number of carbonyl (C=O) groups is 2. The quantitative estimate of drug-likeness (QED) is 0.377. The number of nitrogens with one attached hydrogen (secondary N) is 2. The van der Waals surface area contributed by atoms with Gasteiger partial charge in [0.05, 0.1) is 18.6 Å². The van der Waals surface area contributed by atoms with Gasteiger partial charge in [-0.05, 0) is 24.5 Å². The second kappa shape index (κ2) is 12.9. The minimum atomic E-state index is -0.669. The van der Waals surface area contributed by atoms with Gasteiger partial charge in [0, 0.05) is 23.6 Å². The molecule has 2 rings (SSSR count). The summed E-state index contributed by atoms with van der Waals surface area (Å²) in [4.78, 5) is 32.2. The van der Waals surface area contributed by atoms with E-state index in [4.69, 9.17) is 4.74 Å². The number of imidazole rings is 1. The number of aryl methyl sites for hydroxylation is 2. The van der Waals surface area contributed by atoms with Crippen LogP contribution in [0.2, 0.25) is 0 Å². The highest BCUT2D eigenvalue weighted by Gasteiger charge is 2.22. The zero-order valence-electron chi connectivity index (χ0n) is 16.9. The van der Waals surface area contributed by atoms with E-state index in [0.717, 1.165) is 34.5 Å². The van der Waals surface area contributed by atoms with E-state index >= 15 is 0 Å². The van der Waals surface area contributed by atoms with E-state index in [9.17, 15) is 9.59 Å². The lowest BCUT2D eigenvalue weighted by molar-refractivity contribution is -0.144. The van der Waals surface area contributed by atoms with Crippen LogP contribution in [-0.4, -0.2) is 58.5 Å². The summed E-state index contributed by atoms with van der Waals surface area (Å²) in [5, 5.41) is 3.50. The fourth-order valence-electron chi connectivity index (χ4n) is 2.53. The standard InChI is InChI=1S/C20H27N3O3S3/c1-14-16(9-10-27-3)23-20(21-14)29-13-18(24)22-17(19(25)26-2)12-28-11-15-7-5-4-6-8-15/h4-8,17H,9-13H2,1-3H3,(H,21,23)(H,22,24)/t17-/m1/s1. The second-order valence-electron chi connectivity index (χ2n) is 6.29. The van der Waals surface area contributed by atoms with E-state index < -0.39 is 12.0 Å². The average molecular weight is 454 g/mol. The maximum Gasteiger partial charge on any atom is 0.329 e. The second-order valence-corrected chi connectivity index (χ2v) is 9.27. The van der Waals surface area contributed by atoms with Gasteiger partial charge in [0.2, 0.25) is 5.91 Å². The Balaban J connectivity index is 1.82. The smallest absolute Gasteiger partial charge is 0.329 e. The Morgan fingerprint density at radius 3 is 2.72 bits per heavy atom. The van der Waals surface area contributed by atoms with Crippen molar-refractivity contribution in [3.8, 4) is 0 Å².